The number of benzene rings is 1. The van der Waals surface area contributed by atoms with Crippen molar-refractivity contribution in [3.05, 3.63) is 34.9 Å². The molecule has 1 aromatic rings. The minimum Gasteiger partial charge on any atom is -0.348 e. The number of rotatable bonds is 5. The molecule has 4 heteroatoms. The van der Waals surface area contributed by atoms with Gasteiger partial charge in [0.2, 0.25) is 5.91 Å². The Balaban J connectivity index is 2.61. The zero-order valence-corrected chi connectivity index (χ0v) is 11.9. The van der Waals surface area contributed by atoms with Gasteiger partial charge in [-0.15, -0.1) is 0 Å². The molecule has 3 nitrogen and oxygen atoms in total. The van der Waals surface area contributed by atoms with Crippen molar-refractivity contribution in [1.82, 2.24) is 5.32 Å². The number of nitrogens with one attached hydrogen (secondary N) is 1. The van der Waals surface area contributed by atoms with Gasteiger partial charge in [-0.2, -0.15) is 0 Å². The summed E-state index contributed by atoms with van der Waals surface area (Å²) in [5.41, 5.74) is 6.91. The Labute approximate surface area is 114 Å². The maximum Gasteiger partial charge on any atom is 0.237 e. The van der Waals surface area contributed by atoms with Crippen molar-refractivity contribution in [3.8, 4) is 0 Å². The van der Waals surface area contributed by atoms with E-state index in [1.807, 2.05) is 45.0 Å². The molecule has 0 heterocycles. The number of carbonyl (C=O) groups excluding carboxylic acids is 1. The van der Waals surface area contributed by atoms with Gasteiger partial charge in [-0.3, -0.25) is 4.79 Å². The fraction of sp³-hybridized carbons (Fsp3) is 0.500. The number of hydrogen-bond donors (Lipinski definition) is 2. The summed E-state index contributed by atoms with van der Waals surface area (Å²) < 4.78 is 0. The van der Waals surface area contributed by atoms with Gasteiger partial charge in [0.15, 0.2) is 0 Å². The number of amides is 1. The van der Waals surface area contributed by atoms with Crippen molar-refractivity contribution >= 4 is 17.5 Å². The van der Waals surface area contributed by atoms with E-state index in [-0.39, 0.29) is 17.9 Å². The van der Waals surface area contributed by atoms with Crippen LogP contribution in [0.5, 0.6) is 0 Å². The monoisotopic (exact) mass is 268 g/mol. The van der Waals surface area contributed by atoms with Gasteiger partial charge in [-0.05, 0) is 30.5 Å². The normalized spacial score (nSPS) is 15.8. The third kappa shape index (κ3) is 4.00. The van der Waals surface area contributed by atoms with Crippen molar-refractivity contribution in [1.29, 1.82) is 0 Å². The molecule has 0 radical (unpaired) electrons. The summed E-state index contributed by atoms with van der Waals surface area (Å²) in [7, 11) is 0. The van der Waals surface area contributed by atoms with E-state index in [2.05, 4.69) is 5.32 Å². The largest absolute Gasteiger partial charge is 0.348 e. The van der Waals surface area contributed by atoms with Crippen LogP contribution in [-0.2, 0) is 4.79 Å². The van der Waals surface area contributed by atoms with Crippen molar-refractivity contribution in [2.24, 2.45) is 11.7 Å². The first-order valence-electron chi connectivity index (χ1n) is 6.27. The van der Waals surface area contributed by atoms with E-state index in [0.717, 1.165) is 12.0 Å². The second kappa shape index (κ2) is 6.76. The predicted molar refractivity (Wildman–Crippen MR) is 75.4 cm³/mol. The summed E-state index contributed by atoms with van der Waals surface area (Å²) in [6.45, 7) is 5.95. The highest BCUT2D eigenvalue weighted by Gasteiger charge is 2.21. The zero-order valence-electron chi connectivity index (χ0n) is 11.1. The second-order valence-corrected chi connectivity index (χ2v) is 5.13. The Hall–Kier alpha value is -1.06. The molecular formula is C14H21ClN2O. The van der Waals surface area contributed by atoms with Gasteiger partial charge in [0.1, 0.15) is 0 Å². The molecule has 0 aliphatic rings. The summed E-state index contributed by atoms with van der Waals surface area (Å²) >= 11 is 5.83. The van der Waals surface area contributed by atoms with E-state index in [9.17, 15) is 4.79 Å². The minimum absolute atomic E-state index is 0.0649. The molecule has 0 aliphatic carbocycles. The van der Waals surface area contributed by atoms with Gasteiger partial charge in [0.05, 0.1) is 12.1 Å². The predicted octanol–water partition coefficient (Wildman–Crippen LogP) is 2.89. The highest BCUT2D eigenvalue weighted by molar-refractivity contribution is 6.30. The fourth-order valence-corrected chi connectivity index (χ4v) is 1.78. The Bertz CT molecular complexity index is 391. The van der Waals surface area contributed by atoms with E-state index in [1.165, 1.54) is 0 Å². The molecule has 100 valence electrons. The zero-order chi connectivity index (χ0) is 13.7. The quantitative estimate of drug-likeness (QED) is 0.863. The molecule has 0 aliphatic heterocycles. The van der Waals surface area contributed by atoms with Gasteiger partial charge in [-0.25, -0.2) is 0 Å². The van der Waals surface area contributed by atoms with E-state index in [0.29, 0.717) is 5.02 Å². The first-order chi connectivity index (χ1) is 8.45. The van der Waals surface area contributed by atoms with E-state index in [4.69, 9.17) is 17.3 Å². The Morgan fingerprint density at radius 3 is 2.39 bits per heavy atom. The van der Waals surface area contributed by atoms with Crippen LogP contribution in [0.1, 0.15) is 38.8 Å². The molecule has 0 saturated heterocycles. The van der Waals surface area contributed by atoms with Crippen LogP contribution < -0.4 is 11.1 Å². The van der Waals surface area contributed by atoms with Gasteiger partial charge in [0.25, 0.3) is 0 Å². The van der Waals surface area contributed by atoms with Crippen LogP contribution in [0, 0.1) is 5.92 Å². The molecule has 3 atom stereocenters. The lowest BCUT2D eigenvalue weighted by Crippen LogP contribution is -2.45. The molecule has 0 bridgehead atoms. The summed E-state index contributed by atoms with van der Waals surface area (Å²) in [5.74, 6) is 0.0780. The average Bonchev–Trinajstić information content (AvgIpc) is 2.37. The van der Waals surface area contributed by atoms with Crippen LogP contribution in [0.15, 0.2) is 24.3 Å². The Morgan fingerprint density at radius 2 is 1.89 bits per heavy atom. The summed E-state index contributed by atoms with van der Waals surface area (Å²) in [6.07, 6.45) is 0.893. The van der Waals surface area contributed by atoms with Crippen LogP contribution in [0.3, 0.4) is 0 Å². The lowest BCUT2D eigenvalue weighted by molar-refractivity contribution is -0.124. The summed E-state index contributed by atoms with van der Waals surface area (Å²) in [5, 5.41) is 3.61. The lowest BCUT2D eigenvalue weighted by Gasteiger charge is -2.21. The Morgan fingerprint density at radius 1 is 1.33 bits per heavy atom. The van der Waals surface area contributed by atoms with Gasteiger partial charge < -0.3 is 11.1 Å². The van der Waals surface area contributed by atoms with E-state index >= 15 is 0 Å². The average molecular weight is 269 g/mol. The van der Waals surface area contributed by atoms with Crippen molar-refractivity contribution < 1.29 is 4.79 Å². The molecule has 0 spiro atoms. The van der Waals surface area contributed by atoms with E-state index < -0.39 is 6.04 Å². The third-order valence-corrected chi connectivity index (χ3v) is 3.54. The molecule has 1 unspecified atom stereocenters. The maximum atomic E-state index is 11.9. The SMILES string of the molecule is CCC(C)[C@H](N)C(=O)N[C@H](C)c1ccc(Cl)cc1. The van der Waals surface area contributed by atoms with Crippen molar-refractivity contribution in [2.45, 2.75) is 39.3 Å². The standard InChI is InChI=1S/C14H21ClN2O/c1-4-9(2)13(16)14(18)17-10(3)11-5-7-12(15)8-6-11/h5-10,13H,4,16H2,1-3H3,(H,17,18)/t9?,10-,13+/m1/s1. The van der Waals surface area contributed by atoms with Crippen molar-refractivity contribution in [3.63, 3.8) is 0 Å². The molecule has 1 aromatic carbocycles. The van der Waals surface area contributed by atoms with Gasteiger partial charge in [0, 0.05) is 5.02 Å². The molecule has 0 saturated carbocycles. The van der Waals surface area contributed by atoms with Crippen LogP contribution in [0.2, 0.25) is 5.02 Å². The van der Waals surface area contributed by atoms with Crippen LogP contribution >= 0.6 is 11.6 Å². The fourth-order valence-electron chi connectivity index (χ4n) is 1.66. The molecule has 18 heavy (non-hydrogen) atoms. The van der Waals surface area contributed by atoms with Crippen LogP contribution in [0.4, 0.5) is 0 Å². The smallest absolute Gasteiger partial charge is 0.237 e. The molecule has 0 fully saturated rings. The molecular weight excluding hydrogens is 248 g/mol. The van der Waals surface area contributed by atoms with E-state index in [1.54, 1.807) is 0 Å². The molecule has 1 rings (SSSR count). The summed E-state index contributed by atoms with van der Waals surface area (Å²) in [4.78, 5) is 11.9. The van der Waals surface area contributed by atoms with Gasteiger partial charge in [-0.1, -0.05) is 44.0 Å². The maximum absolute atomic E-state index is 11.9. The second-order valence-electron chi connectivity index (χ2n) is 4.69. The first-order valence-corrected chi connectivity index (χ1v) is 6.65. The number of halogens is 1. The minimum atomic E-state index is -0.454. The highest BCUT2D eigenvalue weighted by atomic mass is 35.5. The highest BCUT2D eigenvalue weighted by Crippen LogP contribution is 2.16. The third-order valence-electron chi connectivity index (χ3n) is 3.29. The van der Waals surface area contributed by atoms with Crippen LogP contribution in [0.25, 0.3) is 0 Å². The number of carbonyl (C=O) groups is 1. The molecule has 3 N–H and O–H groups in total. The summed E-state index contributed by atoms with van der Waals surface area (Å²) in [6, 6.07) is 6.92. The Kier molecular flexibility index (Phi) is 5.63. The van der Waals surface area contributed by atoms with Gasteiger partial charge >= 0.3 is 0 Å². The first kappa shape index (κ1) is 15.0. The molecule has 1 amide bonds. The number of hydrogen-bond acceptors (Lipinski definition) is 2. The topological polar surface area (TPSA) is 55.1 Å². The van der Waals surface area contributed by atoms with Crippen LogP contribution in [-0.4, -0.2) is 11.9 Å². The molecule has 0 aromatic heterocycles. The van der Waals surface area contributed by atoms with Crippen molar-refractivity contribution in [2.75, 3.05) is 0 Å². The lowest BCUT2D eigenvalue weighted by atomic mass is 9.98. The number of nitrogens with two attached hydrogens (primary N) is 1.